The monoisotopic (exact) mass is 258 g/mol. The third kappa shape index (κ3) is 2.70. The van der Waals surface area contributed by atoms with Crippen molar-refractivity contribution in [2.45, 2.75) is 38.6 Å². The van der Waals surface area contributed by atoms with E-state index in [4.69, 9.17) is 0 Å². The summed E-state index contributed by atoms with van der Waals surface area (Å²) in [6.07, 6.45) is 2.56. The van der Waals surface area contributed by atoms with Crippen molar-refractivity contribution in [3.05, 3.63) is 35.4 Å². The lowest BCUT2D eigenvalue weighted by Gasteiger charge is -2.40. The van der Waals surface area contributed by atoms with Crippen molar-refractivity contribution in [3.63, 3.8) is 0 Å². The summed E-state index contributed by atoms with van der Waals surface area (Å²) in [5.41, 5.74) is 3.17. The Labute approximate surface area is 117 Å². The summed E-state index contributed by atoms with van der Waals surface area (Å²) in [4.78, 5) is 2.67. The second-order valence-electron chi connectivity index (χ2n) is 6.31. The van der Waals surface area contributed by atoms with Gasteiger partial charge in [-0.05, 0) is 23.5 Å². The van der Waals surface area contributed by atoms with E-state index in [9.17, 15) is 0 Å². The van der Waals surface area contributed by atoms with E-state index in [1.807, 2.05) is 0 Å². The molecule has 0 saturated carbocycles. The van der Waals surface area contributed by atoms with E-state index in [-0.39, 0.29) is 0 Å². The van der Waals surface area contributed by atoms with Gasteiger partial charge in [-0.15, -0.1) is 0 Å². The molecule has 2 nitrogen and oxygen atoms in total. The first-order chi connectivity index (χ1) is 9.28. The Kier molecular flexibility index (Phi) is 3.90. The zero-order valence-corrected chi connectivity index (χ0v) is 12.2. The number of nitrogens with one attached hydrogen (secondary N) is 1. The van der Waals surface area contributed by atoms with Crippen molar-refractivity contribution in [1.29, 1.82) is 0 Å². The van der Waals surface area contributed by atoms with E-state index >= 15 is 0 Å². The summed E-state index contributed by atoms with van der Waals surface area (Å²) in [5, 5.41) is 3.69. The van der Waals surface area contributed by atoms with Crippen molar-refractivity contribution < 1.29 is 0 Å². The molecule has 2 heteroatoms. The highest BCUT2D eigenvalue weighted by atomic mass is 15.2. The first-order valence-corrected chi connectivity index (χ1v) is 7.81. The van der Waals surface area contributed by atoms with Crippen molar-refractivity contribution in [1.82, 2.24) is 10.2 Å². The SMILES string of the molecule is CCC(C)C1CN(CC2Cc3ccccc32)CCN1. The van der Waals surface area contributed by atoms with Gasteiger partial charge in [0.1, 0.15) is 0 Å². The molecular formula is C17H26N2. The highest BCUT2D eigenvalue weighted by molar-refractivity contribution is 5.40. The molecule has 1 heterocycles. The van der Waals surface area contributed by atoms with Gasteiger partial charge >= 0.3 is 0 Å². The van der Waals surface area contributed by atoms with Crippen LogP contribution in [0.15, 0.2) is 24.3 Å². The maximum Gasteiger partial charge on any atom is 0.0221 e. The van der Waals surface area contributed by atoms with E-state index in [0.717, 1.165) is 18.4 Å². The zero-order valence-electron chi connectivity index (χ0n) is 12.2. The highest BCUT2D eigenvalue weighted by Gasteiger charge is 2.30. The van der Waals surface area contributed by atoms with Gasteiger partial charge in [0.25, 0.3) is 0 Å². The molecule has 3 unspecified atom stereocenters. The minimum Gasteiger partial charge on any atom is -0.311 e. The van der Waals surface area contributed by atoms with E-state index in [1.165, 1.54) is 32.5 Å². The maximum absolute atomic E-state index is 3.69. The largest absolute Gasteiger partial charge is 0.311 e. The Bertz CT molecular complexity index is 429. The molecule has 19 heavy (non-hydrogen) atoms. The van der Waals surface area contributed by atoms with Crippen LogP contribution in [0.5, 0.6) is 0 Å². The second-order valence-corrected chi connectivity index (χ2v) is 6.31. The molecule has 0 radical (unpaired) electrons. The maximum atomic E-state index is 3.69. The van der Waals surface area contributed by atoms with Crippen LogP contribution in [0, 0.1) is 5.92 Å². The van der Waals surface area contributed by atoms with Gasteiger partial charge in [0.2, 0.25) is 0 Å². The molecule has 0 amide bonds. The smallest absolute Gasteiger partial charge is 0.0221 e. The Balaban J connectivity index is 1.57. The second kappa shape index (κ2) is 5.64. The summed E-state index contributed by atoms with van der Waals surface area (Å²) >= 11 is 0. The molecule has 0 bridgehead atoms. The number of hydrogen-bond acceptors (Lipinski definition) is 2. The molecule has 104 valence electrons. The van der Waals surface area contributed by atoms with Crippen molar-refractivity contribution in [2.75, 3.05) is 26.2 Å². The van der Waals surface area contributed by atoms with Crippen LogP contribution >= 0.6 is 0 Å². The quantitative estimate of drug-likeness (QED) is 0.893. The van der Waals surface area contributed by atoms with E-state index in [2.05, 4.69) is 48.3 Å². The van der Waals surface area contributed by atoms with Gasteiger partial charge in [0.15, 0.2) is 0 Å². The topological polar surface area (TPSA) is 15.3 Å². The van der Waals surface area contributed by atoms with Gasteiger partial charge in [0.05, 0.1) is 0 Å². The van der Waals surface area contributed by atoms with Crippen LogP contribution < -0.4 is 5.32 Å². The molecule has 1 fully saturated rings. The highest BCUT2D eigenvalue weighted by Crippen LogP contribution is 2.35. The summed E-state index contributed by atoms with van der Waals surface area (Å²) in [7, 11) is 0. The predicted octanol–water partition coefficient (Wildman–Crippen LogP) is 2.65. The number of piperazine rings is 1. The lowest BCUT2D eigenvalue weighted by molar-refractivity contribution is 0.157. The molecule has 1 aliphatic carbocycles. The predicted molar refractivity (Wildman–Crippen MR) is 80.6 cm³/mol. The van der Waals surface area contributed by atoms with Crippen LogP contribution in [0.1, 0.15) is 37.3 Å². The summed E-state index contributed by atoms with van der Waals surface area (Å²) in [5.74, 6) is 1.57. The number of benzene rings is 1. The van der Waals surface area contributed by atoms with Gasteiger partial charge < -0.3 is 5.32 Å². The minimum atomic E-state index is 0.689. The van der Waals surface area contributed by atoms with Crippen LogP contribution in [0.4, 0.5) is 0 Å². The van der Waals surface area contributed by atoms with Gasteiger partial charge in [-0.3, -0.25) is 4.90 Å². The Morgan fingerprint density at radius 1 is 1.37 bits per heavy atom. The fraction of sp³-hybridized carbons (Fsp3) is 0.647. The van der Waals surface area contributed by atoms with Crippen LogP contribution in [0.3, 0.4) is 0 Å². The van der Waals surface area contributed by atoms with E-state index in [1.54, 1.807) is 11.1 Å². The third-order valence-electron chi connectivity index (χ3n) is 5.06. The lowest BCUT2D eigenvalue weighted by atomic mass is 9.77. The van der Waals surface area contributed by atoms with Gasteiger partial charge in [-0.25, -0.2) is 0 Å². The van der Waals surface area contributed by atoms with Crippen LogP contribution in [-0.2, 0) is 6.42 Å². The molecule has 1 aromatic carbocycles. The number of hydrogen-bond donors (Lipinski definition) is 1. The van der Waals surface area contributed by atoms with Gasteiger partial charge in [0, 0.05) is 38.1 Å². The van der Waals surface area contributed by atoms with Crippen molar-refractivity contribution in [2.24, 2.45) is 5.92 Å². The number of rotatable bonds is 4. The molecule has 0 spiro atoms. The average molecular weight is 258 g/mol. The van der Waals surface area contributed by atoms with Gasteiger partial charge in [-0.1, -0.05) is 44.5 Å². The zero-order chi connectivity index (χ0) is 13.2. The standard InChI is InChI=1S/C17H26N2/c1-3-13(2)17-12-19(9-8-18-17)11-15-10-14-6-4-5-7-16(14)15/h4-7,13,15,17-18H,3,8-12H2,1-2H3. The van der Waals surface area contributed by atoms with Gasteiger partial charge in [-0.2, -0.15) is 0 Å². The fourth-order valence-corrected chi connectivity index (χ4v) is 3.51. The van der Waals surface area contributed by atoms with E-state index in [0.29, 0.717) is 6.04 Å². The molecular weight excluding hydrogens is 232 g/mol. The fourth-order valence-electron chi connectivity index (χ4n) is 3.51. The average Bonchev–Trinajstić information content (AvgIpc) is 2.44. The molecule has 2 aliphatic rings. The Morgan fingerprint density at radius 2 is 2.21 bits per heavy atom. The number of nitrogens with zero attached hydrogens (tertiary/aromatic N) is 1. The van der Waals surface area contributed by atoms with Crippen LogP contribution in [0.2, 0.25) is 0 Å². The number of fused-ring (bicyclic) bond motifs is 1. The molecule has 1 saturated heterocycles. The summed E-state index contributed by atoms with van der Waals surface area (Å²) < 4.78 is 0. The first-order valence-electron chi connectivity index (χ1n) is 7.81. The minimum absolute atomic E-state index is 0.689. The van der Waals surface area contributed by atoms with Crippen molar-refractivity contribution >= 4 is 0 Å². The molecule has 1 aromatic rings. The Hall–Kier alpha value is -0.860. The van der Waals surface area contributed by atoms with Crippen LogP contribution in [-0.4, -0.2) is 37.1 Å². The third-order valence-corrected chi connectivity index (χ3v) is 5.06. The molecule has 1 aliphatic heterocycles. The van der Waals surface area contributed by atoms with E-state index < -0.39 is 0 Å². The van der Waals surface area contributed by atoms with Crippen LogP contribution in [0.25, 0.3) is 0 Å². The summed E-state index contributed by atoms with van der Waals surface area (Å²) in [6.45, 7) is 9.53. The molecule has 1 N–H and O–H groups in total. The lowest BCUT2D eigenvalue weighted by Crippen LogP contribution is -2.54. The first kappa shape index (κ1) is 13.1. The summed E-state index contributed by atoms with van der Waals surface area (Å²) in [6, 6.07) is 9.64. The van der Waals surface area contributed by atoms with Crippen molar-refractivity contribution in [3.8, 4) is 0 Å². The Morgan fingerprint density at radius 3 is 3.00 bits per heavy atom. The molecule has 3 rings (SSSR count). The molecule has 0 aromatic heterocycles. The molecule has 3 atom stereocenters. The normalized spacial score (nSPS) is 28.5.